The third kappa shape index (κ3) is 3.74. The van der Waals surface area contributed by atoms with E-state index in [0.29, 0.717) is 30.3 Å². The molecule has 0 aliphatic carbocycles. The Morgan fingerprint density at radius 2 is 1.96 bits per heavy atom. The van der Waals surface area contributed by atoms with E-state index in [1.165, 1.54) is 11.3 Å². The lowest BCUT2D eigenvalue weighted by molar-refractivity contribution is 0.265. The molecule has 6 nitrogen and oxygen atoms in total. The fourth-order valence-corrected chi connectivity index (χ4v) is 4.57. The lowest BCUT2D eigenvalue weighted by atomic mass is 10.2. The number of thiazole rings is 1. The number of nitrogens with zero attached hydrogens (tertiary/aromatic N) is 2. The van der Waals surface area contributed by atoms with Crippen molar-refractivity contribution >= 4 is 34.1 Å². The van der Waals surface area contributed by atoms with Gasteiger partial charge in [0, 0.05) is 5.38 Å². The normalized spacial score (nSPS) is 14.0. The van der Waals surface area contributed by atoms with Gasteiger partial charge in [-0.2, -0.15) is 0 Å². The number of methoxy groups -OCH3 is 1. The summed E-state index contributed by atoms with van der Waals surface area (Å²) in [4.78, 5) is 7.49. The van der Waals surface area contributed by atoms with E-state index < -0.39 is 0 Å². The first kappa shape index (κ1) is 18.5. The highest BCUT2D eigenvalue weighted by atomic mass is 32.1. The summed E-state index contributed by atoms with van der Waals surface area (Å²) in [6.07, 6.45) is 0. The Hall–Kier alpha value is -2.84. The number of amidine groups is 1. The first-order chi connectivity index (χ1) is 13.7. The lowest BCUT2D eigenvalue weighted by Crippen LogP contribution is -2.31. The maximum absolute atomic E-state index is 10.4. The van der Waals surface area contributed by atoms with Crippen LogP contribution in [0.4, 0.5) is 0 Å². The van der Waals surface area contributed by atoms with E-state index in [1.54, 1.807) is 23.3 Å². The summed E-state index contributed by atoms with van der Waals surface area (Å²) in [5.41, 5.74) is 1.39. The van der Waals surface area contributed by atoms with Crippen LogP contribution in [0.1, 0.15) is 5.01 Å². The Balaban J connectivity index is 1.38. The van der Waals surface area contributed by atoms with Crippen molar-refractivity contribution in [1.82, 2.24) is 9.88 Å². The van der Waals surface area contributed by atoms with Gasteiger partial charge in [0.15, 0.2) is 0 Å². The molecule has 3 aromatic rings. The maximum Gasteiger partial charge on any atom is 0.135 e. The minimum absolute atomic E-state index is 0.182. The number of ether oxygens (including phenoxy) is 2. The van der Waals surface area contributed by atoms with Crippen LogP contribution in [0, 0.1) is 5.41 Å². The van der Waals surface area contributed by atoms with Gasteiger partial charge in [0.25, 0.3) is 0 Å². The van der Waals surface area contributed by atoms with Crippen LogP contribution in [0.5, 0.6) is 11.5 Å². The van der Waals surface area contributed by atoms with Gasteiger partial charge in [0.05, 0.1) is 36.3 Å². The Morgan fingerprint density at radius 1 is 1.18 bits per heavy atom. The van der Waals surface area contributed by atoms with Gasteiger partial charge in [-0.25, -0.2) is 4.98 Å². The molecule has 3 heterocycles. The van der Waals surface area contributed by atoms with Gasteiger partial charge < -0.3 is 19.5 Å². The molecule has 4 rings (SSSR count). The number of hydrogen-bond donors (Lipinski definition) is 2. The molecule has 1 aliphatic rings. The number of thiophene rings is 1. The van der Waals surface area contributed by atoms with Crippen molar-refractivity contribution in [2.45, 2.75) is 0 Å². The summed E-state index contributed by atoms with van der Waals surface area (Å²) in [5, 5.41) is 23.5. The van der Waals surface area contributed by atoms with Crippen molar-refractivity contribution in [3.8, 4) is 22.1 Å². The predicted molar refractivity (Wildman–Crippen MR) is 113 cm³/mol. The van der Waals surface area contributed by atoms with Crippen LogP contribution >= 0.6 is 22.7 Å². The van der Waals surface area contributed by atoms with Gasteiger partial charge in [-0.1, -0.05) is 6.07 Å². The van der Waals surface area contributed by atoms with Gasteiger partial charge in [-0.3, -0.25) is 5.41 Å². The zero-order valence-electron chi connectivity index (χ0n) is 15.2. The second kappa shape index (κ2) is 8.04. The Labute approximate surface area is 170 Å². The molecular formula is C20H19N3O3S2. The van der Waals surface area contributed by atoms with Crippen LogP contribution in [-0.2, 0) is 0 Å². The molecule has 0 unspecified atom stereocenters. The van der Waals surface area contributed by atoms with E-state index in [1.807, 2.05) is 47.2 Å². The van der Waals surface area contributed by atoms with Crippen molar-refractivity contribution in [2.75, 3.05) is 26.8 Å². The topological polar surface area (TPSA) is 78.7 Å². The molecule has 0 bridgehead atoms. The minimum Gasteiger partial charge on any atom is -0.510 e. The quantitative estimate of drug-likeness (QED) is 0.595. The number of aromatic nitrogens is 1. The van der Waals surface area contributed by atoms with Crippen molar-refractivity contribution < 1.29 is 14.6 Å². The Morgan fingerprint density at radius 3 is 2.68 bits per heavy atom. The van der Waals surface area contributed by atoms with Crippen molar-refractivity contribution in [3.63, 3.8) is 0 Å². The smallest absolute Gasteiger partial charge is 0.135 e. The summed E-state index contributed by atoms with van der Waals surface area (Å²) in [7, 11) is 1.62. The average molecular weight is 414 g/mol. The number of rotatable bonds is 7. The Kier molecular flexibility index (Phi) is 5.31. The molecule has 0 spiro atoms. The number of aliphatic hydroxyl groups is 1. The van der Waals surface area contributed by atoms with Crippen molar-refractivity contribution in [3.05, 3.63) is 57.9 Å². The Bertz CT molecular complexity index is 994. The number of benzene rings is 1. The molecule has 28 heavy (non-hydrogen) atoms. The molecule has 0 saturated carbocycles. The maximum atomic E-state index is 10.4. The molecule has 8 heteroatoms. The third-order valence-corrected chi connectivity index (χ3v) is 6.12. The molecule has 0 amide bonds. The van der Waals surface area contributed by atoms with E-state index >= 15 is 0 Å². The average Bonchev–Trinajstić information content (AvgIpc) is 3.44. The van der Waals surface area contributed by atoms with Crippen LogP contribution in [0.3, 0.4) is 0 Å². The summed E-state index contributed by atoms with van der Waals surface area (Å²) in [5.74, 6) is 1.98. The predicted octanol–water partition coefficient (Wildman–Crippen LogP) is 4.52. The van der Waals surface area contributed by atoms with Crippen LogP contribution < -0.4 is 9.47 Å². The van der Waals surface area contributed by atoms with Crippen LogP contribution in [0.15, 0.2) is 52.9 Å². The number of hydrogen-bond acceptors (Lipinski definition) is 7. The molecule has 0 fully saturated rings. The molecule has 0 radical (unpaired) electrons. The number of nitrogens with one attached hydrogen (secondary N) is 1. The highest BCUT2D eigenvalue weighted by Crippen LogP contribution is 2.33. The van der Waals surface area contributed by atoms with Gasteiger partial charge in [-0.15, -0.1) is 22.7 Å². The first-order valence-corrected chi connectivity index (χ1v) is 10.4. The first-order valence-electron chi connectivity index (χ1n) is 8.68. The van der Waals surface area contributed by atoms with E-state index in [0.717, 1.165) is 22.1 Å². The summed E-state index contributed by atoms with van der Waals surface area (Å²) >= 11 is 3.07. The van der Waals surface area contributed by atoms with E-state index in [-0.39, 0.29) is 11.6 Å². The third-order valence-electron chi connectivity index (χ3n) is 4.36. The molecule has 0 atom stereocenters. The standard InChI is InChI=1S/C20H19N3O3S2/c1-25-13-4-6-14(7-5-13)26-9-8-23-11-16(24)18(19(23)21)20-22-15(12-28-20)17-3-2-10-27-17/h2-7,10,12,21,24H,8-9,11H2,1H3. The molecule has 1 aromatic carbocycles. The summed E-state index contributed by atoms with van der Waals surface area (Å²) in [6, 6.07) is 11.4. The lowest BCUT2D eigenvalue weighted by Gasteiger charge is -2.18. The highest BCUT2D eigenvalue weighted by molar-refractivity contribution is 7.14. The second-order valence-corrected chi connectivity index (χ2v) is 7.94. The highest BCUT2D eigenvalue weighted by Gasteiger charge is 2.30. The van der Waals surface area contributed by atoms with E-state index in [4.69, 9.17) is 14.9 Å². The monoisotopic (exact) mass is 413 g/mol. The zero-order valence-corrected chi connectivity index (χ0v) is 16.8. The van der Waals surface area contributed by atoms with Gasteiger partial charge in [-0.05, 0) is 35.7 Å². The van der Waals surface area contributed by atoms with Crippen LogP contribution in [0.25, 0.3) is 16.1 Å². The van der Waals surface area contributed by atoms with Gasteiger partial charge in [0.1, 0.15) is 34.7 Å². The van der Waals surface area contributed by atoms with Gasteiger partial charge >= 0.3 is 0 Å². The van der Waals surface area contributed by atoms with Crippen LogP contribution in [0.2, 0.25) is 0 Å². The second-order valence-electron chi connectivity index (χ2n) is 6.13. The molecule has 1 aliphatic heterocycles. The molecule has 2 N–H and O–H groups in total. The summed E-state index contributed by atoms with van der Waals surface area (Å²) in [6.45, 7) is 1.21. The molecule has 2 aromatic heterocycles. The summed E-state index contributed by atoms with van der Waals surface area (Å²) < 4.78 is 10.9. The fourth-order valence-electron chi connectivity index (χ4n) is 2.92. The molecular weight excluding hydrogens is 394 g/mol. The van der Waals surface area contributed by atoms with E-state index in [2.05, 4.69) is 4.98 Å². The molecule has 144 valence electrons. The SMILES string of the molecule is COc1ccc(OCCN2CC(O)=C(c3nc(-c4cccs4)cs3)C2=N)cc1. The van der Waals surface area contributed by atoms with E-state index in [9.17, 15) is 5.11 Å². The fraction of sp³-hybridized carbons (Fsp3) is 0.200. The van der Waals surface area contributed by atoms with Crippen molar-refractivity contribution in [1.29, 1.82) is 5.41 Å². The van der Waals surface area contributed by atoms with Crippen LogP contribution in [-0.4, -0.2) is 47.6 Å². The number of aliphatic hydroxyl groups excluding tert-OH is 1. The molecule has 0 saturated heterocycles. The van der Waals surface area contributed by atoms with Gasteiger partial charge in [0.2, 0.25) is 0 Å². The largest absolute Gasteiger partial charge is 0.510 e. The zero-order chi connectivity index (χ0) is 19.5. The van der Waals surface area contributed by atoms with Crippen molar-refractivity contribution in [2.24, 2.45) is 0 Å². The minimum atomic E-state index is 0.182.